The van der Waals surface area contributed by atoms with Crippen LogP contribution in [-0.2, 0) is 0 Å². The van der Waals surface area contributed by atoms with Crippen LogP contribution in [0, 0.1) is 0 Å². The quantitative estimate of drug-likeness (QED) is 0.187. The fourth-order valence-electron chi connectivity index (χ4n) is 7.91. The molecular weight excluding hydrogens is 641 g/mol. The van der Waals surface area contributed by atoms with Gasteiger partial charge in [0.15, 0.2) is 0 Å². The Kier molecular flexibility index (Phi) is 6.09. The molecular formula is C46H28N4S. The maximum absolute atomic E-state index is 5.59. The lowest BCUT2D eigenvalue weighted by Crippen LogP contribution is -2.04. The van der Waals surface area contributed by atoms with Gasteiger partial charge in [0.2, 0.25) is 5.95 Å². The van der Waals surface area contributed by atoms with Crippen molar-refractivity contribution in [2.24, 2.45) is 0 Å². The Morgan fingerprint density at radius 2 is 0.980 bits per heavy atom. The van der Waals surface area contributed by atoms with E-state index in [1.54, 1.807) is 11.3 Å². The Hall–Kier alpha value is -6.56. The van der Waals surface area contributed by atoms with Gasteiger partial charge in [0.25, 0.3) is 0 Å². The molecule has 0 aliphatic carbocycles. The summed E-state index contributed by atoms with van der Waals surface area (Å²) in [5.41, 5.74) is 10.9. The summed E-state index contributed by atoms with van der Waals surface area (Å²) in [5, 5.41) is 5.97. The molecule has 0 N–H and O–H groups in total. The molecule has 5 heteroatoms. The second-order valence-corrected chi connectivity index (χ2v) is 14.0. The van der Waals surface area contributed by atoms with Crippen LogP contribution in [0.2, 0.25) is 0 Å². The minimum absolute atomic E-state index is 0.662. The van der Waals surface area contributed by atoms with Gasteiger partial charge in [-0.2, -0.15) is 0 Å². The summed E-state index contributed by atoms with van der Waals surface area (Å²) in [6.07, 6.45) is 0. The molecule has 4 aromatic heterocycles. The Labute approximate surface area is 297 Å². The van der Waals surface area contributed by atoms with Crippen LogP contribution in [0.15, 0.2) is 170 Å². The van der Waals surface area contributed by atoms with Gasteiger partial charge < -0.3 is 4.57 Å². The van der Waals surface area contributed by atoms with Gasteiger partial charge in [-0.05, 0) is 47.5 Å². The van der Waals surface area contributed by atoms with Crippen molar-refractivity contribution in [3.63, 3.8) is 0 Å². The lowest BCUT2D eigenvalue weighted by molar-refractivity contribution is 1.02. The van der Waals surface area contributed by atoms with Gasteiger partial charge in [-0.25, -0.2) is 9.97 Å². The molecule has 0 bridgehead atoms. The molecule has 11 aromatic rings. The Morgan fingerprint density at radius 1 is 0.412 bits per heavy atom. The fourth-order valence-corrected chi connectivity index (χ4v) is 9.05. The normalized spacial score (nSPS) is 11.9. The Bertz CT molecular complexity index is 3090. The molecule has 4 heterocycles. The summed E-state index contributed by atoms with van der Waals surface area (Å²) in [5.74, 6) is 0.662. The number of fused-ring (bicyclic) bond motifs is 9. The van der Waals surface area contributed by atoms with Crippen LogP contribution >= 0.6 is 11.3 Å². The minimum Gasteiger partial charge on any atom is -0.309 e. The number of hydrogen-bond donors (Lipinski definition) is 0. The number of thiophene rings is 1. The number of aromatic nitrogens is 4. The van der Waals surface area contributed by atoms with Crippen LogP contribution < -0.4 is 0 Å². The highest BCUT2D eigenvalue weighted by Crippen LogP contribution is 2.43. The van der Waals surface area contributed by atoms with E-state index < -0.39 is 0 Å². The molecule has 0 unspecified atom stereocenters. The fraction of sp³-hybridized carbons (Fsp3) is 0. The van der Waals surface area contributed by atoms with Crippen molar-refractivity contribution < 1.29 is 0 Å². The third-order valence-corrected chi connectivity index (χ3v) is 11.3. The first kappa shape index (κ1) is 28.3. The van der Waals surface area contributed by atoms with E-state index in [4.69, 9.17) is 9.97 Å². The highest BCUT2D eigenvalue weighted by atomic mass is 32.1. The van der Waals surface area contributed by atoms with Crippen molar-refractivity contribution in [1.82, 2.24) is 19.1 Å². The van der Waals surface area contributed by atoms with Crippen molar-refractivity contribution in [3.05, 3.63) is 170 Å². The summed E-state index contributed by atoms with van der Waals surface area (Å²) in [7, 11) is 0. The lowest BCUT2D eigenvalue weighted by atomic mass is 10.0. The predicted molar refractivity (Wildman–Crippen MR) is 214 cm³/mol. The van der Waals surface area contributed by atoms with Gasteiger partial charge in [-0.1, -0.05) is 133 Å². The van der Waals surface area contributed by atoms with Crippen LogP contribution in [0.3, 0.4) is 0 Å². The number of nitrogens with zero attached hydrogens (tertiary/aromatic N) is 4. The third-order valence-electron chi connectivity index (χ3n) is 10.2. The highest BCUT2D eigenvalue weighted by molar-refractivity contribution is 7.26. The van der Waals surface area contributed by atoms with Crippen LogP contribution in [0.4, 0.5) is 0 Å². The molecule has 0 amide bonds. The van der Waals surface area contributed by atoms with E-state index in [9.17, 15) is 0 Å². The van der Waals surface area contributed by atoms with Crippen molar-refractivity contribution in [3.8, 4) is 34.0 Å². The van der Waals surface area contributed by atoms with Crippen LogP contribution in [0.1, 0.15) is 0 Å². The van der Waals surface area contributed by atoms with Gasteiger partial charge in [0, 0.05) is 37.2 Å². The third kappa shape index (κ3) is 4.19. The van der Waals surface area contributed by atoms with Crippen LogP contribution in [0.25, 0.3) is 97.9 Å². The zero-order chi connectivity index (χ0) is 33.5. The summed E-state index contributed by atoms with van der Waals surface area (Å²) >= 11 is 1.77. The first-order valence-corrected chi connectivity index (χ1v) is 18.0. The average molecular weight is 669 g/mol. The maximum atomic E-state index is 5.59. The van der Waals surface area contributed by atoms with Gasteiger partial charge >= 0.3 is 0 Å². The molecule has 11 rings (SSSR count). The van der Waals surface area contributed by atoms with Crippen LogP contribution in [0.5, 0.6) is 0 Å². The molecule has 0 spiro atoms. The topological polar surface area (TPSA) is 35.6 Å². The van der Waals surface area contributed by atoms with E-state index in [0.717, 1.165) is 49.1 Å². The number of para-hydroxylation sites is 4. The standard InChI is InChI=1S/C46H28N4S/c1-2-14-29(15-3-1)30-26-27-34-33-18-6-11-23-39(33)50(41(34)28-30)46-47-43(45-44(48-46)36-20-8-13-25-42(36)51-45)35-19-7-12-24-40(35)49-37-21-9-4-16-31(37)32-17-5-10-22-38(32)49/h1-28H. The maximum Gasteiger partial charge on any atom is 0.235 e. The van der Waals surface area contributed by atoms with Crippen molar-refractivity contribution >= 4 is 75.3 Å². The van der Waals surface area contributed by atoms with Crippen molar-refractivity contribution in [2.45, 2.75) is 0 Å². The second kappa shape index (κ2) is 11.0. The monoisotopic (exact) mass is 668 g/mol. The van der Waals surface area contributed by atoms with E-state index in [1.807, 2.05) is 0 Å². The SMILES string of the molecule is c1ccc(-c2ccc3c4ccccc4n(-c4nc(-c5ccccc5-n5c6ccccc6c6ccccc65)c5sc6ccccc6c5n4)c3c2)cc1. The molecule has 51 heavy (non-hydrogen) atoms. The van der Waals surface area contributed by atoms with E-state index in [0.29, 0.717) is 5.95 Å². The smallest absolute Gasteiger partial charge is 0.235 e. The van der Waals surface area contributed by atoms with Crippen molar-refractivity contribution in [2.75, 3.05) is 0 Å². The van der Waals surface area contributed by atoms with Crippen molar-refractivity contribution in [1.29, 1.82) is 0 Å². The van der Waals surface area contributed by atoms with E-state index >= 15 is 0 Å². The molecule has 0 aliphatic rings. The highest BCUT2D eigenvalue weighted by Gasteiger charge is 2.23. The first-order valence-electron chi connectivity index (χ1n) is 17.2. The average Bonchev–Trinajstić information content (AvgIpc) is 3.85. The largest absolute Gasteiger partial charge is 0.309 e. The van der Waals surface area contributed by atoms with Crippen LogP contribution in [-0.4, -0.2) is 19.1 Å². The number of benzene rings is 7. The zero-order valence-corrected chi connectivity index (χ0v) is 28.2. The molecule has 0 saturated heterocycles. The van der Waals surface area contributed by atoms with Gasteiger partial charge in [-0.15, -0.1) is 11.3 Å². The first-order chi connectivity index (χ1) is 25.3. The number of rotatable bonds is 4. The lowest BCUT2D eigenvalue weighted by Gasteiger charge is -2.15. The molecule has 0 aliphatic heterocycles. The van der Waals surface area contributed by atoms with Gasteiger partial charge in [0.05, 0.1) is 43.7 Å². The predicted octanol–water partition coefficient (Wildman–Crippen LogP) is 12.4. The molecule has 0 fully saturated rings. The molecule has 4 nitrogen and oxygen atoms in total. The molecule has 0 atom stereocenters. The molecule has 7 aromatic carbocycles. The minimum atomic E-state index is 0.662. The summed E-state index contributed by atoms with van der Waals surface area (Å²) in [6, 6.07) is 60.6. The molecule has 0 saturated carbocycles. The second-order valence-electron chi connectivity index (χ2n) is 13.0. The Morgan fingerprint density at radius 3 is 1.71 bits per heavy atom. The Balaban J connectivity index is 1.26. The zero-order valence-electron chi connectivity index (χ0n) is 27.4. The summed E-state index contributed by atoms with van der Waals surface area (Å²) < 4.78 is 6.94. The van der Waals surface area contributed by atoms with E-state index in [2.05, 4.69) is 179 Å². The van der Waals surface area contributed by atoms with E-state index in [-0.39, 0.29) is 0 Å². The summed E-state index contributed by atoms with van der Waals surface area (Å²) in [6.45, 7) is 0. The van der Waals surface area contributed by atoms with Gasteiger partial charge in [0.1, 0.15) is 0 Å². The number of hydrogen-bond acceptors (Lipinski definition) is 3. The van der Waals surface area contributed by atoms with E-state index in [1.165, 1.54) is 42.8 Å². The molecule has 238 valence electrons. The summed E-state index contributed by atoms with van der Waals surface area (Å²) in [4.78, 5) is 11.0. The van der Waals surface area contributed by atoms with Gasteiger partial charge in [-0.3, -0.25) is 4.57 Å². The molecule has 0 radical (unpaired) electrons.